The summed E-state index contributed by atoms with van der Waals surface area (Å²) in [5.41, 5.74) is -2.51. The zero-order valence-electron chi connectivity index (χ0n) is 38.5. The Hall–Kier alpha value is -6.66. The summed E-state index contributed by atoms with van der Waals surface area (Å²) in [6.45, 7) is 0.276. The zero-order chi connectivity index (χ0) is 51.5. The molecule has 0 radical (unpaired) electrons. The second kappa shape index (κ2) is 20.5. The van der Waals surface area contributed by atoms with E-state index in [0.29, 0.717) is 12.8 Å². The van der Waals surface area contributed by atoms with Crippen LogP contribution in [0.5, 0.6) is 0 Å². The molecule has 3 heterocycles. The average Bonchev–Trinajstić information content (AvgIpc) is 3.69. The van der Waals surface area contributed by atoms with Crippen LogP contribution in [0.3, 0.4) is 0 Å². The number of piperidine rings is 2. The molecule has 2 N–H and O–H groups in total. The first kappa shape index (κ1) is 51.7. The number of benzene rings is 6. The molecule has 0 aromatic heterocycles. The third-order valence-electron chi connectivity index (χ3n) is 13.4. The lowest BCUT2D eigenvalue weighted by molar-refractivity contribution is -0.138. The normalized spacial score (nSPS) is 17.4. The number of fused-ring (bicyclic) bond motifs is 2. The number of sulfonamides is 2. The van der Waals surface area contributed by atoms with Crippen molar-refractivity contribution in [2.75, 3.05) is 37.7 Å². The number of nitrogens with zero attached hydrogens (tertiary/aromatic N) is 4. The van der Waals surface area contributed by atoms with Crippen molar-refractivity contribution in [2.45, 2.75) is 62.0 Å². The van der Waals surface area contributed by atoms with Crippen molar-refractivity contribution in [1.29, 1.82) is 5.26 Å². The quantitative estimate of drug-likeness (QED) is 0.122. The molecule has 20 heteroatoms. The molecule has 2 amide bonds. The highest BCUT2D eigenvalue weighted by Gasteiger charge is 2.48. The van der Waals surface area contributed by atoms with Crippen LogP contribution in [0, 0.1) is 11.3 Å². The van der Waals surface area contributed by atoms with Gasteiger partial charge in [-0.25, -0.2) is 25.4 Å². The Morgan fingerprint density at radius 2 is 1.10 bits per heavy atom. The number of carbonyl (C=O) groups excluding carboxylic acids is 2. The minimum absolute atomic E-state index is 0.0221. The van der Waals surface area contributed by atoms with Crippen molar-refractivity contribution in [2.24, 2.45) is 4.99 Å². The van der Waals surface area contributed by atoms with Crippen LogP contribution in [0.2, 0.25) is 0 Å². The van der Waals surface area contributed by atoms with E-state index in [4.69, 9.17) is 0 Å². The van der Waals surface area contributed by atoms with Gasteiger partial charge in [0.25, 0.3) is 11.8 Å². The van der Waals surface area contributed by atoms with Crippen LogP contribution < -0.4 is 10.6 Å². The van der Waals surface area contributed by atoms with Crippen LogP contribution >= 0.6 is 0 Å². The minimum Gasteiger partial charge on any atom is -0.334 e. The molecule has 376 valence electrons. The molecular weight excluding hydrogens is 983 g/mol. The second-order valence-electron chi connectivity index (χ2n) is 18.0. The van der Waals surface area contributed by atoms with Crippen molar-refractivity contribution >= 4 is 59.2 Å². The van der Waals surface area contributed by atoms with Crippen molar-refractivity contribution in [1.82, 2.24) is 19.2 Å². The SMILES string of the molecule is N#CC1(NC(=O)c2cccc(C(F)(F)F)c2)CCN(S(=O)(=O)CCc2cccc3ccccc23)CC1.O=C1NC(c2cccc(C(F)(F)F)c2)=NC12CCN(S(=O)(=O)CCc1cccc3ccccc13)CC2. The highest BCUT2D eigenvalue weighted by atomic mass is 32.2. The molecule has 12 nitrogen and oxygen atoms in total. The largest absolute Gasteiger partial charge is 0.416 e. The first-order valence-electron chi connectivity index (χ1n) is 23.0. The van der Waals surface area contributed by atoms with E-state index in [1.165, 1.54) is 26.8 Å². The number of rotatable bonds is 11. The maximum Gasteiger partial charge on any atom is 0.416 e. The second-order valence-corrected chi connectivity index (χ2v) is 22.1. The molecule has 72 heavy (non-hydrogen) atoms. The molecule has 0 bridgehead atoms. The van der Waals surface area contributed by atoms with E-state index in [9.17, 15) is 58.0 Å². The Morgan fingerprint density at radius 3 is 1.61 bits per heavy atom. The molecule has 6 aromatic carbocycles. The average molecular weight is 1030 g/mol. The number of amides is 2. The first-order chi connectivity index (χ1) is 34.1. The Bertz CT molecular complexity index is 3310. The van der Waals surface area contributed by atoms with E-state index in [1.807, 2.05) is 91.0 Å². The lowest BCUT2D eigenvalue weighted by Gasteiger charge is -2.37. The monoisotopic (exact) mass is 1030 g/mol. The lowest BCUT2D eigenvalue weighted by atomic mass is 9.89. The summed E-state index contributed by atoms with van der Waals surface area (Å²) in [4.78, 5) is 29.9. The smallest absolute Gasteiger partial charge is 0.334 e. The van der Waals surface area contributed by atoms with Gasteiger partial charge in [-0.05, 0) is 102 Å². The molecule has 0 atom stereocenters. The van der Waals surface area contributed by atoms with Gasteiger partial charge in [0, 0.05) is 37.3 Å². The Balaban J connectivity index is 0.000000193. The van der Waals surface area contributed by atoms with Gasteiger partial charge in [0.15, 0.2) is 0 Å². The summed E-state index contributed by atoms with van der Waals surface area (Å²) >= 11 is 0. The van der Waals surface area contributed by atoms with Gasteiger partial charge in [0.05, 0.1) is 28.7 Å². The number of aliphatic imine (C=N–C) groups is 1. The highest BCUT2D eigenvalue weighted by molar-refractivity contribution is 7.89. The fourth-order valence-corrected chi connectivity index (χ4v) is 12.2. The third kappa shape index (κ3) is 11.5. The first-order valence-corrected chi connectivity index (χ1v) is 26.2. The van der Waals surface area contributed by atoms with Crippen LogP contribution in [0.4, 0.5) is 26.3 Å². The van der Waals surface area contributed by atoms with E-state index in [2.05, 4.69) is 15.6 Å². The standard InChI is InChI=1S/2C26H24F3N3O3S/c27-26(28,29)21-9-4-8-20(17-21)23-30-24(33)25(31-23)12-14-32(15-13-25)36(34,35)16-11-19-7-3-6-18-5-1-2-10-22(18)19;27-26(28,29)22-9-4-8-21(17-22)24(33)31-25(18-30)12-14-32(15-13-25)36(34,35)16-11-20-7-3-6-19-5-1-2-10-23(19)20/h1-10,17H,11-16H2,(H,30,31,33);1-10,17H,11-16H2,(H,31,33). The maximum atomic E-state index is 13.1. The molecule has 0 saturated carbocycles. The fraction of sp³-hybridized carbons (Fsp3) is 0.308. The summed E-state index contributed by atoms with van der Waals surface area (Å²) < 4.78 is 133. The van der Waals surface area contributed by atoms with Gasteiger partial charge < -0.3 is 10.6 Å². The third-order valence-corrected chi connectivity index (χ3v) is 17.1. The molecule has 2 fully saturated rings. The Labute approximate surface area is 412 Å². The Morgan fingerprint density at radius 1 is 0.639 bits per heavy atom. The van der Waals surface area contributed by atoms with E-state index in [-0.39, 0.29) is 80.3 Å². The molecule has 0 unspecified atom stereocenters. The summed E-state index contributed by atoms with van der Waals surface area (Å²) in [6, 6.07) is 37.8. The van der Waals surface area contributed by atoms with Gasteiger partial charge in [-0.3, -0.25) is 14.6 Å². The van der Waals surface area contributed by atoms with Crippen LogP contribution in [0.15, 0.2) is 138 Å². The minimum atomic E-state index is -4.60. The van der Waals surface area contributed by atoms with E-state index >= 15 is 0 Å². The summed E-state index contributed by atoms with van der Waals surface area (Å²) in [6.07, 6.45) is -8.04. The topological polar surface area (TPSA) is 169 Å². The number of aryl methyl sites for hydroxylation is 2. The fourth-order valence-electron chi connectivity index (χ4n) is 9.26. The van der Waals surface area contributed by atoms with Crippen molar-refractivity contribution < 1.29 is 52.8 Å². The van der Waals surface area contributed by atoms with Crippen LogP contribution in [0.25, 0.3) is 21.5 Å². The van der Waals surface area contributed by atoms with Gasteiger partial charge in [-0.2, -0.15) is 31.6 Å². The molecule has 1 spiro atoms. The van der Waals surface area contributed by atoms with Crippen LogP contribution in [-0.2, 0) is 50.0 Å². The number of alkyl halides is 6. The number of halogens is 6. The van der Waals surface area contributed by atoms with Crippen LogP contribution in [0.1, 0.15) is 63.9 Å². The van der Waals surface area contributed by atoms with E-state index < -0.39 is 66.4 Å². The van der Waals surface area contributed by atoms with Gasteiger partial charge >= 0.3 is 12.4 Å². The molecule has 3 aliphatic rings. The number of hydrogen-bond donors (Lipinski definition) is 2. The molecule has 0 aliphatic carbocycles. The molecule has 3 aliphatic heterocycles. The van der Waals surface area contributed by atoms with Crippen LogP contribution in [-0.4, -0.2) is 91.9 Å². The number of nitriles is 1. The molecular formula is C52H48F6N6O6S2. The maximum absolute atomic E-state index is 13.1. The zero-order valence-corrected chi connectivity index (χ0v) is 40.1. The predicted octanol–water partition coefficient (Wildman–Crippen LogP) is 8.66. The van der Waals surface area contributed by atoms with E-state index in [1.54, 1.807) is 0 Å². The lowest BCUT2D eigenvalue weighted by Crippen LogP contribution is -2.55. The Kier molecular flexibility index (Phi) is 14.7. The van der Waals surface area contributed by atoms with E-state index in [0.717, 1.165) is 63.0 Å². The predicted molar refractivity (Wildman–Crippen MR) is 261 cm³/mol. The summed E-state index contributed by atoms with van der Waals surface area (Å²) in [7, 11) is -7.20. The van der Waals surface area contributed by atoms with Crippen molar-refractivity contribution in [3.05, 3.63) is 167 Å². The number of carbonyl (C=O) groups is 2. The van der Waals surface area contributed by atoms with Crippen molar-refractivity contribution in [3.8, 4) is 6.07 Å². The number of amidine groups is 1. The summed E-state index contributed by atoms with van der Waals surface area (Å²) in [5.74, 6) is -1.30. The molecule has 6 aromatic rings. The van der Waals surface area contributed by atoms with Gasteiger partial charge in [-0.15, -0.1) is 0 Å². The number of hydrogen-bond acceptors (Lipinski definition) is 8. The van der Waals surface area contributed by atoms with Gasteiger partial charge in [-0.1, -0.05) is 103 Å². The molecule has 2 saturated heterocycles. The molecule has 9 rings (SSSR count). The van der Waals surface area contributed by atoms with Crippen molar-refractivity contribution in [3.63, 3.8) is 0 Å². The highest BCUT2D eigenvalue weighted by Crippen LogP contribution is 2.35. The van der Waals surface area contributed by atoms with Gasteiger partial charge in [0.2, 0.25) is 20.0 Å². The number of nitrogens with one attached hydrogen (secondary N) is 2. The summed E-state index contributed by atoms with van der Waals surface area (Å²) in [5, 5.41) is 19.0. The van der Waals surface area contributed by atoms with Gasteiger partial charge in [0.1, 0.15) is 16.9 Å².